The zero-order valence-electron chi connectivity index (χ0n) is 9.40. The highest BCUT2D eigenvalue weighted by Gasteiger charge is 2.16. The van der Waals surface area contributed by atoms with Crippen LogP contribution in [0.3, 0.4) is 0 Å². The van der Waals surface area contributed by atoms with Crippen LogP contribution in [0.2, 0.25) is 0 Å². The predicted molar refractivity (Wildman–Crippen MR) is 57.4 cm³/mol. The Balaban J connectivity index is 0.000000561. The smallest absolute Gasteiger partial charge is 0.0414 e. The maximum absolute atomic E-state index is 2.39. The normalized spacial score (nSPS) is 29.0. The molecule has 1 aliphatic rings. The van der Waals surface area contributed by atoms with Crippen molar-refractivity contribution in [2.75, 3.05) is 0 Å². The first-order valence-corrected chi connectivity index (χ1v) is 5.83. The highest BCUT2D eigenvalue weighted by Crippen LogP contribution is 2.30. The quantitative estimate of drug-likeness (QED) is 0.566. The summed E-state index contributed by atoms with van der Waals surface area (Å²) in [6.45, 7) is 8.69. The maximum atomic E-state index is 2.39. The molecule has 0 atom stereocenters. The van der Waals surface area contributed by atoms with Gasteiger partial charge in [0.25, 0.3) is 0 Å². The van der Waals surface area contributed by atoms with E-state index in [2.05, 4.69) is 13.8 Å². The molecule has 0 heterocycles. The molecule has 0 aromatic carbocycles. The first kappa shape index (κ1) is 12.0. The molecule has 1 aliphatic carbocycles. The summed E-state index contributed by atoms with van der Waals surface area (Å²) in [4.78, 5) is 0. The Kier molecular flexibility index (Phi) is 7.64. The number of hydrogen-bond acceptors (Lipinski definition) is 0. The Morgan fingerprint density at radius 2 is 1.50 bits per heavy atom. The molecule has 0 nitrogen and oxygen atoms in total. The van der Waals surface area contributed by atoms with E-state index >= 15 is 0 Å². The van der Waals surface area contributed by atoms with Gasteiger partial charge in [0.2, 0.25) is 0 Å². The Hall–Kier alpha value is 0. The van der Waals surface area contributed by atoms with Crippen molar-refractivity contribution in [3.63, 3.8) is 0 Å². The SMILES string of the molecule is CC.CCCC1CCC(C)CC1. The standard InChI is InChI=1S/C10H20.C2H6/c1-3-4-10-7-5-9(2)6-8-10;1-2/h9-10H,3-8H2,1-2H3;1-2H3. The average molecular weight is 170 g/mol. The maximum Gasteiger partial charge on any atom is -0.0414 e. The fourth-order valence-corrected chi connectivity index (χ4v) is 2.03. The summed E-state index contributed by atoms with van der Waals surface area (Å²) >= 11 is 0. The van der Waals surface area contributed by atoms with Gasteiger partial charge in [-0.3, -0.25) is 0 Å². The van der Waals surface area contributed by atoms with Gasteiger partial charge in [-0.1, -0.05) is 66.2 Å². The number of hydrogen-bond donors (Lipinski definition) is 0. The topological polar surface area (TPSA) is 0 Å². The molecule has 0 aliphatic heterocycles. The lowest BCUT2D eigenvalue weighted by Gasteiger charge is -2.25. The van der Waals surface area contributed by atoms with E-state index in [4.69, 9.17) is 0 Å². The molecule has 0 radical (unpaired) electrons. The van der Waals surface area contributed by atoms with Gasteiger partial charge in [-0.25, -0.2) is 0 Å². The molecule has 74 valence electrons. The van der Waals surface area contributed by atoms with Crippen LogP contribution in [0.15, 0.2) is 0 Å². The van der Waals surface area contributed by atoms with Gasteiger partial charge in [-0.15, -0.1) is 0 Å². The van der Waals surface area contributed by atoms with Crippen LogP contribution in [0.4, 0.5) is 0 Å². The van der Waals surface area contributed by atoms with E-state index in [-0.39, 0.29) is 0 Å². The molecule has 0 amide bonds. The van der Waals surface area contributed by atoms with Crippen LogP contribution in [-0.4, -0.2) is 0 Å². The zero-order valence-corrected chi connectivity index (χ0v) is 9.40. The lowest BCUT2D eigenvalue weighted by molar-refractivity contribution is 0.276. The molecular formula is C12H26. The summed E-state index contributed by atoms with van der Waals surface area (Å²) < 4.78 is 0. The van der Waals surface area contributed by atoms with Gasteiger partial charge in [0.1, 0.15) is 0 Å². The van der Waals surface area contributed by atoms with Crippen LogP contribution in [0.25, 0.3) is 0 Å². The van der Waals surface area contributed by atoms with E-state index in [1.807, 2.05) is 13.8 Å². The summed E-state index contributed by atoms with van der Waals surface area (Å²) in [5.74, 6) is 2.11. The van der Waals surface area contributed by atoms with Crippen molar-refractivity contribution in [3.05, 3.63) is 0 Å². The second-order valence-electron chi connectivity index (χ2n) is 3.91. The minimum Gasteiger partial charge on any atom is -0.0683 e. The second kappa shape index (κ2) is 7.64. The Labute approximate surface area is 78.8 Å². The van der Waals surface area contributed by atoms with Crippen LogP contribution in [0.5, 0.6) is 0 Å². The van der Waals surface area contributed by atoms with Gasteiger partial charge in [-0.05, 0) is 11.8 Å². The van der Waals surface area contributed by atoms with Crippen LogP contribution >= 0.6 is 0 Å². The van der Waals surface area contributed by atoms with E-state index in [9.17, 15) is 0 Å². The van der Waals surface area contributed by atoms with E-state index in [0.717, 1.165) is 11.8 Å². The molecule has 1 fully saturated rings. The molecule has 12 heavy (non-hydrogen) atoms. The molecule has 1 saturated carbocycles. The molecular weight excluding hydrogens is 144 g/mol. The number of rotatable bonds is 2. The van der Waals surface area contributed by atoms with Crippen molar-refractivity contribution >= 4 is 0 Å². The molecule has 0 unspecified atom stereocenters. The van der Waals surface area contributed by atoms with Crippen molar-refractivity contribution in [1.29, 1.82) is 0 Å². The van der Waals surface area contributed by atoms with Gasteiger partial charge < -0.3 is 0 Å². The third kappa shape index (κ3) is 4.79. The van der Waals surface area contributed by atoms with Gasteiger partial charge in [0.05, 0.1) is 0 Å². The lowest BCUT2D eigenvalue weighted by Crippen LogP contribution is -2.11. The Bertz CT molecular complexity index is 78.0. The predicted octanol–water partition coefficient (Wildman–Crippen LogP) is 4.64. The largest absolute Gasteiger partial charge is 0.0683 e. The summed E-state index contributed by atoms with van der Waals surface area (Å²) in [6, 6.07) is 0. The van der Waals surface area contributed by atoms with E-state index in [0.29, 0.717) is 0 Å². The molecule has 0 bridgehead atoms. The fraction of sp³-hybridized carbons (Fsp3) is 1.00. The third-order valence-corrected chi connectivity index (χ3v) is 2.83. The summed E-state index contributed by atoms with van der Waals surface area (Å²) in [7, 11) is 0. The molecule has 0 aromatic rings. The minimum absolute atomic E-state index is 1.02. The molecule has 0 heteroatoms. The van der Waals surface area contributed by atoms with Crippen LogP contribution < -0.4 is 0 Å². The van der Waals surface area contributed by atoms with Crippen molar-refractivity contribution in [3.8, 4) is 0 Å². The van der Waals surface area contributed by atoms with Gasteiger partial charge in [0, 0.05) is 0 Å². The molecule has 1 rings (SSSR count). The van der Waals surface area contributed by atoms with Crippen LogP contribution in [-0.2, 0) is 0 Å². The van der Waals surface area contributed by atoms with Crippen molar-refractivity contribution < 1.29 is 0 Å². The monoisotopic (exact) mass is 170 g/mol. The molecule has 0 saturated heterocycles. The van der Waals surface area contributed by atoms with Crippen molar-refractivity contribution in [2.45, 2.75) is 66.2 Å². The highest BCUT2D eigenvalue weighted by molar-refractivity contribution is 4.69. The first-order chi connectivity index (χ1) is 5.83. The average Bonchev–Trinajstić information content (AvgIpc) is 2.13. The van der Waals surface area contributed by atoms with Gasteiger partial charge in [0.15, 0.2) is 0 Å². The van der Waals surface area contributed by atoms with Crippen LogP contribution in [0, 0.1) is 11.8 Å². The Morgan fingerprint density at radius 3 is 1.92 bits per heavy atom. The zero-order chi connectivity index (χ0) is 9.40. The first-order valence-electron chi connectivity index (χ1n) is 5.83. The van der Waals surface area contributed by atoms with Crippen LogP contribution in [0.1, 0.15) is 66.2 Å². The summed E-state index contributed by atoms with van der Waals surface area (Å²) in [6.07, 6.45) is 8.87. The molecule has 0 N–H and O–H groups in total. The van der Waals surface area contributed by atoms with E-state index < -0.39 is 0 Å². The van der Waals surface area contributed by atoms with E-state index in [1.54, 1.807) is 0 Å². The van der Waals surface area contributed by atoms with Gasteiger partial charge in [-0.2, -0.15) is 0 Å². The summed E-state index contributed by atoms with van der Waals surface area (Å²) in [5.41, 5.74) is 0. The molecule has 0 spiro atoms. The lowest BCUT2D eigenvalue weighted by atomic mass is 9.81. The fourth-order valence-electron chi connectivity index (χ4n) is 2.03. The van der Waals surface area contributed by atoms with Gasteiger partial charge >= 0.3 is 0 Å². The summed E-state index contributed by atoms with van der Waals surface area (Å²) in [5, 5.41) is 0. The second-order valence-corrected chi connectivity index (χ2v) is 3.91. The Morgan fingerprint density at radius 1 is 1.00 bits per heavy atom. The highest BCUT2D eigenvalue weighted by atomic mass is 14.2. The van der Waals surface area contributed by atoms with E-state index in [1.165, 1.54) is 38.5 Å². The van der Waals surface area contributed by atoms with Crippen molar-refractivity contribution in [2.24, 2.45) is 11.8 Å². The molecule has 0 aromatic heterocycles. The minimum atomic E-state index is 1.02. The third-order valence-electron chi connectivity index (χ3n) is 2.83. The van der Waals surface area contributed by atoms with Crippen molar-refractivity contribution in [1.82, 2.24) is 0 Å².